The molecule has 0 saturated heterocycles. The number of fused-ring (bicyclic) bond motifs is 3. The first-order valence-electron chi connectivity index (χ1n) is 8.25. The summed E-state index contributed by atoms with van der Waals surface area (Å²) in [6.07, 6.45) is 3.90. The fourth-order valence-corrected chi connectivity index (χ4v) is 3.53. The third-order valence-electron chi connectivity index (χ3n) is 4.15. The number of pyridine rings is 1. The number of rotatable bonds is 3. The second-order valence-corrected chi connectivity index (χ2v) is 9.73. The molecule has 0 bridgehead atoms. The Morgan fingerprint density at radius 3 is 2.70 bits per heavy atom. The predicted molar refractivity (Wildman–Crippen MR) is 95.1 cm³/mol. The highest BCUT2D eigenvalue weighted by atomic mass is 28.2. The molecule has 0 N–H and O–H groups in total. The monoisotopic (exact) mass is 327 g/mol. The largest absolute Gasteiger partial charge is 0.486 e. The lowest BCUT2D eigenvalue weighted by Gasteiger charge is -2.39. The Balaban J connectivity index is 1.85. The van der Waals surface area contributed by atoms with E-state index in [0.29, 0.717) is 9.76 Å². The van der Waals surface area contributed by atoms with Gasteiger partial charge in [0.15, 0.2) is 0 Å². The summed E-state index contributed by atoms with van der Waals surface area (Å²) in [6.45, 7) is 10.9. The fourth-order valence-electron chi connectivity index (χ4n) is 2.83. The van der Waals surface area contributed by atoms with Crippen molar-refractivity contribution in [1.82, 2.24) is 4.98 Å². The Morgan fingerprint density at radius 2 is 1.96 bits per heavy atom. The first-order valence-corrected chi connectivity index (χ1v) is 9.15. The average Bonchev–Trinajstić information content (AvgIpc) is 2.52. The summed E-state index contributed by atoms with van der Waals surface area (Å²) < 4.78 is 12.7. The third-order valence-corrected chi connectivity index (χ3v) is 5.39. The molecule has 0 unspecified atom stereocenters. The number of aryl methyl sites for hydroxylation is 1. The van der Waals surface area contributed by atoms with Crippen molar-refractivity contribution in [3.05, 3.63) is 36.0 Å². The smallest absolute Gasteiger partial charge is 0.236 e. The molecule has 1 aromatic carbocycles. The number of aromatic nitrogens is 1. The van der Waals surface area contributed by atoms with Gasteiger partial charge in [-0.05, 0) is 55.5 Å². The van der Waals surface area contributed by atoms with Gasteiger partial charge in [-0.2, -0.15) is 0 Å². The molecule has 1 aromatic heterocycles. The summed E-state index contributed by atoms with van der Waals surface area (Å²) in [5.41, 5.74) is 1.96. The van der Waals surface area contributed by atoms with Crippen molar-refractivity contribution in [1.29, 1.82) is 0 Å². The highest BCUT2D eigenvalue weighted by molar-refractivity contribution is 6.31. The second kappa shape index (κ2) is 5.91. The van der Waals surface area contributed by atoms with Crippen LogP contribution < -0.4 is 4.74 Å². The van der Waals surface area contributed by atoms with Crippen LogP contribution in [0.25, 0.3) is 10.9 Å². The molecule has 1 aliphatic heterocycles. The van der Waals surface area contributed by atoms with E-state index in [1.807, 2.05) is 12.3 Å². The standard InChI is InChI=1S/C19H25NO2Si/c1-18(2,3)23-22-19(4,5)16-11-9-13-8-10-15-14(17(13)21-16)7-6-12-20-15/h6-8,10,12,16H,9,11H2,1-5H3/t16-/m1/s1. The molecule has 3 rings (SSSR count). The van der Waals surface area contributed by atoms with Crippen molar-refractivity contribution in [3.8, 4) is 5.75 Å². The molecule has 1 aliphatic rings. The number of hydrogen-bond donors (Lipinski definition) is 0. The topological polar surface area (TPSA) is 31.4 Å². The zero-order chi connectivity index (χ0) is 16.7. The van der Waals surface area contributed by atoms with Gasteiger partial charge in [0.1, 0.15) is 11.9 Å². The third kappa shape index (κ3) is 3.59. The van der Waals surface area contributed by atoms with Crippen molar-refractivity contribution >= 4 is 20.7 Å². The first kappa shape index (κ1) is 16.5. The van der Waals surface area contributed by atoms with Crippen LogP contribution in [0.2, 0.25) is 5.04 Å². The molecular formula is C19H25NO2Si. The summed E-state index contributed by atoms with van der Waals surface area (Å²) >= 11 is 0. The van der Waals surface area contributed by atoms with Crippen LogP contribution in [0.1, 0.15) is 46.6 Å². The molecule has 4 heteroatoms. The summed E-state index contributed by atoms with van der Waals surface area (Å²) in [5, 5.41) is 1.28. The van der Waals surface area contributed by atoms with E-state index in [1.165, 1.54) is 5.56 Å². The van der Waals surface area contributed by atoms with Gasteiger partial charge in [-0.15, -0.1) is 0 Å². The minimum atomic E-state index is -0.298. The molecule has 0 fully saturated rings. The molecule has 0 saturated carbocycles. The maximum atomic E-state index is 6.41. The van der Waals surface area contributed by atoms with E-state index in [1.54, 1.807) is 0 Å². The minimum absolute atomic E-state index is 0.0654. The molecule has 0 aliphatic carbocycles. The lowest BCUT2D eigenvalue weighted by molar-refractivity contribution is -0.0231. The first-order chi connectivity index (χ1) is 10.8. The van der Waals surface area contributed by atoms with E-state index in [-0.39, 0.29) is 16.7 Å². The molecule has 3 nitrogen and oxygen atoms in total. The van der Waals surface area contributed by atoms with Crippen LogP contribution in [0.5, 0.6) is 5.75 Å². The molecule has 0 spiro atoms. The fraction of sp³-hybridized carbons (Fsp3) is 0.526. The second-order valence-electron chi connectivity index (χ2n) is 7.83. The van der Waals surface area contributed by atoms with E-state index in [4.69, 9.17) is 9.16 Å². The minimum Gasteiger partial charge on any atom is -0.486 e. The van der Waals surface area contributed by atoms with E-state index >= 15 is 0 Å². The molecule has 122 valence electrons. The Hall–Kier alpha value is -1.39. The number of ether oxygens (including phenoxy) is 1. The highest BCUT2D eigenvalue weighted by Gasteiger charge is 2.36. The molecule has 2 radical (unpaired) electrons. The van der Waals surface area contributed by atoms with E-state index in [2.05, 4.69) is 57.8 Å². The molecule has 1 atom stereocenters. The van der Waals surface area contributed by atoms with Gasteiger partial charge in [0, 0.05) is 11.6 Å². The zero-order valence-electron chi connectivity index (χ0n) is 14.6. The molecule has 23 heavy (non-hydrogen) atoms. The van der Waals surface area contributed by atoms with Gasteiger partial charge in [-0.25, -0.2) is 0 Å². The molecular weight excluding hydrogens is 302 g/mol. The molecule has 2 aromatic rings. The summed E-state index contributed by atoms with van der Waals surface area (Å²) in [6, 6.07) is 8.29. The van der Waals surface area contributed by atoms with E-state index in [0.717, 1.165) is 29.5 Å². The molecule has 2 heterocycles. The van der Waals surface area contributed by atoms with Gasteiger partial charge < -0.3 is 9.16 Å². The van der Waals surface area contributed by atoms with Crippen LogP contribution in [0.15, 0.2) is 30.5 Å². The quantitative estimate of drug-likeness (QED) is 0.774. The van der Waals surface area contributed by atoms with Crippen molar-refractivity contribution in [2.24, 2.45) is 0 Å². The van der Waals surface area contributed by atoms with Gasteiger partial charge in [-0.3, -0.25) is 4.98 Å². The Bertz CT molecular complexity index is 706. The molecule has 0 amide bonds. The number of benzene rings is 1. The zero-order valence-corrected chi connectivity index (χ0v) is 15.6. The maximum Gasteiger partial charge on any atom is 0.236 e. The van der Waals surface area contributed by atoms with Crippen molar-refractivity contribution < 1.29 is 9.16 Å². The SMILES string of the molecule is CC(C)(C)[Si]OC(C)(C)[C@H]1CCc2ccc3ncccc3c2O1. The Kier molecular flexibility index (Phi) is 4.23. The van der Waals surface area contributed by atoms with Crippen molar-refractivity contribution in [2.75, 3.05) is 0 Å². The number of hydrogen-bond acceptors (Lipinski definition) is 3. The summed E-state index contributed by atoms with van der Waals surface area (Å²) in [4.78, 5) is 4.44. The van der Waals surface area contributed by atoms with Crippen molar-refractivity contribution in [3.63, 3.8) is 0 Å². The Labute approximate surface area is 141 Å². The van der Waals surface area contributed by atoms with Gasteiger partial charge in [-0.1, -0.05) is 26.8 Å². The normalized spacial score (nSPS) is 18.6. The lowest BCUT2D eigenvalue weighted by Crippen LogP contribution is -2.46. The van der Waals surface area contributed by atoms with Gasteiger partial charge >= 0.3 is 0 Å². The summed E-state index contributed by atoms with van der Waals surface area (Å²) in [7, 11) is 0.459. The van der Waals surface area contributed by atoms with E-state index in [9.17, 15) is 0 Å². The highest BCUT2D eigenvalue weighted by Crippen LogP contribution is 2.38. The van der Waals surface area contributed by atoms with Crippen molar-refractivity contribution in [2.45, 2.75) is 64.2 Å². The maximum absolute atomic E-state index is 6.41. The van der Waals surface area contributed by atoms with Crippen LogP contribution in [0.3, 0.4) is 0 Å². The van der Waals surface area contributed by atoms with Crippen LogP contribution >= 0.6 is 0 Å². The average molecular weight is 328 g/mol. The predicted octanol–water partition coefficient (Wildman–Crippen LogP) is 4.56. The summed E-state index contributed by atoms with van der Waals surface area (Å²) in [5.74, 6) is 0.989. The number of nitrogens with zero attached hydrogens (tertiary/aromatic N) is 1. The van der Waals surface area contributed by atoms with Crippen LogP contribution in [0.4, 0.5) is 0 Å². The van der Waals surface area contributed by atoms with Crippen LogP contribution in [-0.4, -0.2) is 26.5 Å². The lowest BCUT2D eigenvalue weighted by atomic mass is 9.91. The Morgan fingerprint density at radius 1 is 1.17 bits per heavy atom. The van der Waals surface area contributed by atoms with Gasteiger partial charge in [0.05, 0.1) is 11.1 Å². The van der Waals surface area contributed by atoms with Crippen LogP contribution in [-0.2, 0) is 10.8 Å². The van der Waals surface area contributed by atoms with Gasteiger partial charge in [0.2, 0.25) is 9.76 Å². The van der Waals surface area contributed by atoms with Gasteiger partial charge in [0.25, 0.3) is 0 Å². The van der Waals surface area contributed by atoms with Crippen LogP contribution in [0, 0.1) is 0 Å². The van der Waals surface area contributed by atoms with E-state index < -0.39 is 0 Å².